The summed E-state index contributed by atoms with van der Waals surface area (Å²) < 4.78 is 18.2. The van der Waals surface area contributed by atoms with Gasteiger partial charge in [-0.3, -0.25) is 0 Å². The standard InChI is InChI=1S/C23H27N7O4/c1-32-17-9-15(10-18(33-2)21(17)34-3)29-11-19(25-13-29)27-22-20-16(6-7-24-20)26-23(28-22)30-8-4-5-14(30)12-31/h6-7,9-11,13-14,24,31H,4-5,8,12H2,1-3H3,(H,26,27,28)/t14-/m0/s1. The third-order valence-electron chi connectivity index (χ3n) is 6.02. The Kier molecular flexibility index (Phi) is 5.84. The van der Waals surface area contributed by atoms with Crippen molar-refractivity contribution < 1.29 is 19.3 Å². The number of methoxy groups -OCH3 is 3. The quantitative estimate of drug-likeness (QED) is 0.360. The summed E-state index contributed by atoms with van der Waals surface area (Å²) in [6, 6.07) is 5.63. The lowest BCUT2D eigenvalue weighted by Crippen LogP contribution is -2.33. The van der Waals surface area contributed by atoms with Gasteiger partial charge in [0.05, 0.1) is 51.4 Å². The fourth-order valence-corrected chi connectivity index (χ4v) is 4.31. The van der Waals surface area contributed by atoms with E-state index in [4.69, 9.17) is 24.2 Å². The molecule has 1 aliphatic heterocycles. The molecule has 11 nitrogen and oxygen atoms in total. The number of hydrogen-bond donors (Lipinski definition) is 3. The number of hydrogen-bond acceptors (Lipinski definition) is 9. The number of anilines is 3. The minimum absolute atomic E-state index is 0.0310. The van der Waals surface area contributed by atoms with Crippen LogP contribution >= 0.6 is 0 Å². The molecule has 5 rings (SSSR count). The molecule has 11 heteroatoms. The van der Waals surface area contributed by atoms with Crippen molar-refractivity contribution in [2.45, 2.75) is 18.9 Å². The highest BCUT2D eigenvalue weighted by molar-refractivity contribution is 5.88. The number of rotatable bonds is 8. The molecule has 3 aromatic heterocycles. The molecule has 0 aliphatic carbocycles. The van der Waals surface area contributed by atoms with Crippen LogP contribution in [-0.2, 0) is 0 Å². The van der Waals surface area contributed by atoms with Gasteiger partial charge in [0.1, 0.15) is 17.7 Å². The number of ether oxygens (including phenoxy) is 3. The Bertz CT molecular complexity index is 1280. The number of aromatic amines is 1. The topological polar surface area (TPSA) is 123 Å². The van der Waals surface area contributed by atoms with Crippen molar-refractivity contribution in [2.24, 2.45) is 0 Å². The second-order valence-electron chi connectivity index (χ2n) is 7.96. The molecule has 0 radical (unpaired) electrons. The Balaban J connectivity index is 1.47. The lowest BCUT2D eigenvalue weighted by Gasteiger charge is -2.23. The first kappa shape index (κ1) is 21.8. The summed E-state index contributed by atoms with van der Waals surface area (Å²) in [7, 11) is 4.73. The maximum absolute atomic E-state index is 9.74. The van der Waals surface area contributed by atoms with Crippen LogP contribution in [0.25, 0.3) is 16.7 Å². The normalized spacial score (nSPS) is 15.6. The Morgan fingerprint density at radius 1 is 1.15 bits per heavy atom. The zero-order valence-electron chi connectivity index (χ0n) is 19.3. The van der Waals surface area contributed by atoms with Crippen LogP contribution in [0, 0.1) is 0 Å². The Morgan fingerprint density at radius 2 is 1.94 bits per heavy atom. The lowest BCUT2D eigenvalue weighted by molar-refractivity contribution is 0.265. The summed E-state index contributed by atoms with van der Waals surface area (Å²) in [5.41, 5.74) is 2.37. The van der Waals surface area contributed by atoms with Crippen LogP contribution < -0.4 is 24.4 Å². The number of benzene rings is 1. The fourth-order valence-electron chi connectivity index (χ4n) is 4.31. The number of nitrogens with zero attached hydrogens (tertiary/aromatic N) is 5. The van der Waals surface area contributed by atoms with Gasteiger partial charge in [0.2, 0.25) is 11.7 Å². The van der Waals surface area contributed by atoms with Crippen LogP contribution in [-0.4, -0.2) is 70.1 Å². The minimum Gasteiger partial charge on any atom is -0.493 e. The SMILES string of the molecule is COc1cc(-n2cnc(Nc3nc(N4CCC[C@H]4CO)nc4cc[nH]c34)c2)cc(OC)c1OC. The maximum Gasteiger partial charge on any atom is 0.228 e. The summed E-state index contributed by atoms with van der Waals surface area (Å²) in [5.74, 6) is 3.45. The number of fused-ring (bicyclic) bond motifs is 1. The average Bonchev–Trinajstić information content (AvgIpc) is 3.63. The van der Waals surface area contributed by atoms with Gasteiger partial charge in [-0.25, -0.2) is 9.97 Å². The smallest absolute Gasteiger partial charge is 0.228 e. The molecule has 1 aliphatic rings. The minimum atomic E-state index is 0.0310. The molecular formula is C23H27N7O4. The van der Waals surface area contributed by atoms with Gasteiger partial charge >= 0.3 is 0 Å². The van der Waals surface area contributed by atoms with E-state index in [1.807, 2.05) is 35.2 Å². The van der Waals surface area contributed by atoms with Gasteiger partial charge in [-0.2, -0.15) is 4.98 Å². The van der Waals surface area contributed by atoms with Gasteiger partial charge < -0.3 is 39.1 Å². The van der Waals surface area contributed by atoms with Gasteiger partial charge in [0.15, 0.2) is 17.3 Å². The highest BCUT2D eigenvalue weighted by Crippen LogP contribution is 2.39. The Morgan fingerprint density at radius 3 is 2.65 bits per heavy atom. The molecule has 0 unspecified atom stereocenters. The molecule has 0 saturated carbocycles. The van der Waals surface area contributed by atoms with Crippen molar-refractivity contribution in [1.29, 1.82) is 0 Å². The average molecular weight is 466 g/mol. The molecule has 4 heterocycles. The van der Waals surface area contributed by atoms with E-state index in [1.54, 1.807) is 27.7 Å². The van der Waals surface area contributed by atoms with Gasteiger partial charge in [-0.05, 0) is 18.9 Å². The van der Waals surface area contributed by atoms with Crippen molar-refractivity contribution in [3.63, 3.8) is 0 Å². The highest BCUT2D eigenvalue weighted by atomic mass is 16.5. The van der Waals surface area contributed by atoms with Crippen LogP contribution in [0.5, 0.6) is 17.2 Å². The fraction of sp³-hybridized carbons (Fsp3) is 0.348. The molecule has 1 saturated heterocycles. The van der Waals surface area contributed by atoms with E-state index < -0.39 is 0 Å². The number of H-pyrrole nitrogens is 1. The summed E-state index contributed by atoms with van der Waals surface area (Å²) in [6.07, 6.45) is 7.30. The van der Waals surface area contributed by atoms with Crippen LogP contribution in [0.4, 0.5) is 17.6 Å². The first-order chi connectivity index (χ1) is 16.6. The Labute approximate surface area is 196 Å². The number of aliphatic hydroxyl groups excluding tert-OH is 1. The summed E-state index contributed by atoms with van der Waals surface area (Å²) >= 11 is 0. The van der Waals surface area contributed by atoms with Gasteiger partial charge in [-0.15, -0.1) is 0 Å². The Hall–Kier alpha value is -3.99. The van der Waals surface area contributed by atoms with E-state index >= 15 is 0 Å². The molecule has 4 aromatic rings. The monoisotopic (exact) mass is 465 g/mol. The van der Waals surface area contributed by atoms with Crippen LogP contribution in [0.2, 0.25) is 0 Å². The molecule has 34 heavy (non-hydrogen) atoms. The van der Waals surface area contributed by atoms with Crippen molar-refractivity contribution >= 4 is 28.6 Å². The lowest BCUT2D eigenvalue weighted by atomic mass is 10.2. The molecule has 1 fully saturated rings. The first-order valence-electron chi connectivity index (χ1n) is 11.0. The zero-order valence-corrected chi connectivity index (χ0v) is 19.3. The van der Waals surface area contributed by atoms with Gasteiger partial charge in [-0.1, -0.05) is 0 Å². The highest BCUT2D eigenvalue weighted by Gasteiger charge is 2.27. The third-order valence-corrected chi connectivity index (χ3v) is 6.02. The summed E-state index contributed by atoms with van der Waals surface area (Å²) in [4.78, 5) is 19.2. The molecule has 0 spiro atoms. The number of imidazole rings is 1. The number of aromatic nitrogens is 5. The summed E-state index contributed by atoms with van der Waals surface area (Å²) in [6.45, 7) is 0.896. The molecule has 0 amide bonds. The van der Waals surface area contributed by atoms with E-state index in [0.717, 1.165) is 36.1 Å². The third kappa shape index (κ3) is 3.83. The predicted octanol–water partition coefficient (Wildman–Crippen LogP) is 2.87. The molecular weight excluding hydrogens is 438 g/mol. The van der Waals surface area contributed by atoms with Crippen molar-refractivity contribution in [1.82, 2.24) is 24.5 Å². The van der Waals surface area contributed by atoms with Gasteiger partial charge in [0, 0.05) is 24.9 Å². The van der Waals surface area contributed by atoms with E-state index in [9.17, 15) is 5.11 Å². The molecule has 178 valence electrons. The van der Waals surface area contributed by atoms with E-state index in [0.29, 0.717) is 34.8 Å². The maximum atomic E-state index is 9.74. The van der Waals surface area contributed by atoms with E-state index in [1.165, 1.54) is 0 Å². The number of nitrogens with one attached hydrogen (secondary N) is 2. The molecule has 0 bridgehead atoms. The van der Waals surface area contributed by atoms with Crippen LogP contribution in [0.15, 0.2) is 36.9 Å². The molecule has 1 aromatic carbocycles. The van der Waals surface area contributed by atoms with Crippen LogP contribution in [0.1, 0.15) is 12.8 Å². The zero-order chi connectivity index (χ0) is 23.7. The second-order valence-corrected chi connectivity index (χ2v) is 7.96. The largest absolute Gasteiger partial charge is 0.493 e. The van der Waals surface area contributed by atoms with Crippen molar-refractivity contribution in [2.75, 3.05) is 44.7 Å². The first-order valence-corrected chi connectivity index (χ1v) is 11.0. The van der Waals surface area contributed by atoms with Crippen LogP contribution in [0.3, 0.4) is 0 Å². The van der Waals surface area contributed by atoms with E-state index in [-0.39, 0.29) is 12.6 Å². The predicted molar refractivity (Wildman–Crippen MR) is 128 cm³/mol. The van der Waals surface area contributed by atoms with Crippen molar-refractivity contribution in [3.05, 3.63) is 36.9 Å². The second kappa shape index (κ2) is 9.10. The molecule has 1 atom stereocenters. The van der Waals surface area contributed by atoms with Gasteiger partial charge in [0.25, 0.3) is 0 Å². The number of aliphatic hydroxyl groups is 1. The molecule has 3 N–H and O–H groups in total. The summed E-state index contributed by atoms with van der Waals surface area (Å²) in [5, 5.41) is 13.0. The van der Waals surface area contributed by atoms with E-state index in [2.05, 4.69) is 20.2 Å². The van der Waals surface area contributed by atoms with Crippen molar-refractivity contribution in [3.8, 4) is 22.9 Å².